The number of aliphatic hydroxyl groups excluding tert-OH is 3. The Morgan fingerprint density at radius 3 is 2.13 bits per heavy atom. The van der Waals surface area contributed by atoms with Crippen LogP contribution in [-0.2, 0) is 32.1 Å². The van der Waals surface area contributed by atoms with Crippen LogP contribution >= 0.6 is 0 Å². The molecule has 0 saturated carbocycles. The van der Waals surface area contributed by atoms with Gasteiger partial charge >= 0.3 is 6.09 Å². The molecule has 12 heteroatoms. The number of rotatable bonds is 23. The van der Waals surface area contributed by atoms with Crippen molar-refractivity contribution >= 4 is 34.6 Å². The molecule has 0 aliphatic heterocycles. The van der Waals surface area contributed by atoms with E-state index in [0.29, 0.717) is 19.3 Å². The number of fused-ring (bicyclic) bond motifs is 1. The predicted molar refractivity (Wildman–Crippen MR) is 213 cm³/mol. The van der Waals surface area contributed by atoms with Gasteiger partial charge in [-0.3, -0.25) is 14.4 Å². The molecule has 0 fully saturated rings. The van der Waals surface area contributed by atoms with E-state index in [1.165, 1.54) is 0 Å². The van der Waals surface area contributed by atoms with Gasteiger partial charge in [0.15, 0.2) is 0 Å². The van der Waals surface area contributed by atoms with E-state index < -0.39 is 60.8 Å². The van der Waals surface area contributed by atoms with E-state index in [4.69, 9.17) is 10.5 Å². The highest BCUT2D eigenvalue weighted by Crippen LogP contribution is 2.26. The van der Waals surface area contributed by atoms with E-state index in [1.807, 2.05) is 107 Å². The summed E-state index contributed by atoms with van der Waals surface area (Å²) < 4.78 is 5.51. The second-order valence-corrected chi connectivity index (χ2v) is 15.4. The first-order valence-electron chi connectivity index (χ1n) is 19.5. The van der Waals surface area contributed by atoms with E-state index in [-0.39, 0.29) is 50.2 Å². The zero-order valence-electron chi connectivity index (χ0n) is 33.0. The lowest BCUT2D eigenvalue weighted by atomic mass is 9.87. The largest absolute Gasteiger partial charge is 0.445 e. The highest BCUT2D eigenvalue weighted by Gasteiger charge is 2.38. The van der Waals surface area contributed by atoms with Gasteiger partial charge in [-0.05, 0) is 59.4 Å². The Morgan fingerprint density at radius 2 is 1.49 bits per heavy atom. The lowest BCUT2D eigenvalue weighted by Crippen LogP contribution is -2.58. The summed E-state index contributed by atoms with van der Waals surface area (Å²) in [6.45, 7) is 9.53. The Bertz CT molecular complexity index is 1650. The third kappa shape index (κ3) is 14.6. The SMILES string of the molecule is CCCC[C@H](NC(=O)[C@H](Cc1cccc2ccccc12)NC(=O)OCc1ccccc1)C(=O)N(CC(C)C)[C@@H](CC(C)C)[C@@H](O)C[C@H](C[C@@H](O)CO)C(N)=O. The van der Waals surface area contributed by atoms with Gasteiger partial charge in [0.05, 0.1) is 24.9 Å². The number of carbonyl (C=O) groups is 4. The van der Waals surface area contributed by atoms with Crippen molar-refractivity contribution in [2.45, 2.75) is 117 Å². The Balaban J connectivity index is 1.96. The molecule has 0 bridgehead atoms. The fraction of sp³-hybridized carbons (Fsp3) is 0.535. The standard InChI is InChI=1S/C43H62N4O8/c1-6-7-20-36(42(53)47(25-29(4)5)38(21-28(2)3)39(50)24-33(40(44)51)22-34(49)26-48)45-41(52)37(46-43(54)55-27-30-14-9-8-10-15-30)23-32-18-13-17-31-16-11-12-19-35(31)32/h8-19,28-29,33-34,36-39,48-50H,6-7,20-27H2,1-5H3,(H2,44,51)(H,45,52)(H,46,54)/t33-,34+,36-,37-,38-,39-/m0/s1. The highest BCUT2D eigenvalue weighted by atomic mass is 16.5. The molecule has 0 aliphatic rings. The lowest BCUT2D eigenvalue weighted by molar-refractivity contribution is -0.143. The molecule has 0 unspecified atom stereocenters. The molecule has 12 nitrogen and oxygen atoms in total. The molecule has 55 heavy (non-hydrogen) atoms. The molecule has 3 aromatic rings. The Morgan fingerprint density at radius 1 is 0.818 bits per heavy atom. The molecule has 302 valence electrons. The average molecular weight is 763 g/mol. The van der Waals surface area contributed by atoms with Crippen LogP contribution in [0.3, 0.4) is 0 Å². The second kappa shape index (κ2) is 22.8. The molecule has 4 amide bonds. The van der Waals surface area contributed by atoms with Crippen molar-refractivity contribution in [2.24, 2.45) is 23.5 Å². The fourth-order valence-corrected chi connectivity index (χ4v) is 6.88. The van der Waals surface area contributed by atoms with Crippen LogP contribution in [-0.4, -0.2) is 87.5 Å². The molecule has 6 atom stereocenters. The number of hydrogen-bond acceptors (Lipinski definition) is 8. The monoisotopic (exact) mass is 762 g/mol. The van der Waals surface area contributed by atoms with E-state index in [2.05, 4.69) is 10.6 Å². The quantitative estimate of drug-likeness (QED) is 0.0790. The summed E-state index contributed by atoms with van der Waals surface area (Å²) in [7, 11) is 0. The third-order valence-electron chi connectivity index (χ3n) is 9.68. The molecule has 0 aromatic heterocycles. The van der Waals surface area contributed by atoms with Gasteiger partial charge in [-0.2, -0.15) is 0 Å². The fourth-order valence-electron chi connectivity index (χ4n) is 6.88. The minimum Gasteiger partial charge on any atom is -0.445 e. The van der Waals surface area contributed by atoms with E-state index in [1.54, 1.807) is 4.90 Å². The Hall–Kier alpha value is -4.52. The summed E-state index contributed by atoms with van der Waals surface area (Å²) in [5.74, 6) is -2.59. The minimum atomic E-state index is -1.20. The smallest absolute Gasteiger partial charge is 0.408 e. The average Bonchev–Trinajstić information content (AvgIpc) is 3.16. The Kier molecular flexibility index (Phi) is 18.6. The Labute approximate surface area is 325 Å². The van der Waals surface area contributed by atoms with E-state index >= 15 is 0 Å². The molecule has 0 radical (unpaired) electrons. The summed E-state index contributed by atoms with van der Waals surface area (Å²) in [6.07, 6.45) is -1.24. The molecule has 3 rings (SSSR count). The van der Waals surface area contributed by atoms with Gasteiger partial charge in [-0.25, -0.2) is 4.79 Å². The highest BCUT2D eigenvalue weighted by molar-refractivity contribution is 5.93. The lowest BCUT2D eigenvalue weighted by Gasteiger charge is -2.40. The minimum absolute atomic E-state index is 0.00614. The summed E-state index contributed by atoms with van der Waals surface area (Å²) in [6, 6.07) is 19.9. The van der Waals surface area contributed by atoms with Crippen molar-refractivity contribution in [3.63, 3.8) is 0 Å². The van der Waals surface area contributed by atoms with Crippen LogP contribution in [0.15, 0.2) is 72.8 Å². The third-order valence-corrected chi connectivity index (χ3v) is 9.68. The summed E-state index contributed by atoms with van der Waals surface area (Å²) in [4.78, 5) is 56.3. The first kappa shape index (κ1) is 44.9. The number of ether oxygens (including phenoxy) is 1. The first-order valence-corrected chi connectivity index (χ1v) is 19.5. The topological polar surface area (TPSA) is 192 Å². The molecular formula is C43H62N4O8. The van der Waals surface area contributed by atoms with Gasteiger partial charge in [0.2, 0.25) is 17.7 Å². The number of nitrogens with two attached hydrogens (primary N) is 1. The number of amides is 4. The predicted octanol–water partition coefficient (Wildman–Crippen LogP) is 4.85. The van der Waals surface area contributed by atoms with Crippen LogP contribution in [0.1, 0.15) is 84.3 Å². The van der Waals surface area contributed by atoms with Gasteiger partial charge in [0.25, 0.3) is 0 Å². The van der Waals surface area contributed by atoms with E-state index in [9.17, 15) is 34.5 Å². The number of nitrogens with one attached hydrogen (secondary N) is 2. The first-order chi connectivity index (χ1) is 26.2. The molecule has 7 N–H and O–H groups in total. The zero-order valence-corrected chi connectivity index (χ0v) is 33.0. The van der Waals surface area contributed by atoms with Crippen molar-refractivity contribution in [3.8, 4) is 0 Å². The molecule has 0 saturated heterocycles. The number of unbranched alkanes of at least 4 members (excludes halogenated alkanes) is 1. The molecule has 3 aromatic carbocycles. The normalized spacial score (nSPS) is 14.8. The molecular weight excluding hydrogens is 700 g/mol. The molecule has 0 heterocycles. The van der Waals surface area contributed by atoms with Gasteiger partial charge in [-0.15, -0.1) is 0 Å². The maximum Gasteiger partial charge on any atom is 0.408 e. The van der Waals surface area contributed by atoms with Crippen LogP contribution in [0.2, 0.25) is 0 Å². The second-order valence-electron chi connectivity index (χ2n) is 15.4. The van der Waals surface area contributed by atoms with Crippen LogP contribution in [0, 0.1) is 17.8 Å². The number of hydrogen-bond donors (Lipinski definition) is 6. The summed E-state index contributed by atoms with van der Waals surface area (Å²) in [5, 5.41) is 38.8. The molecule has 0 aliphatic carbocycles. The van der Waals surface area contributed by atoms with Gasteiger partial charge < -0.3 is 41.3 Å². The van der Waals surface area contributed by atoms with Crippen LogP contribution in [0.4, 0.5) is 4.79 Å². The number of benzene rings is 3. The maximum absolute atomic E-state index is 14.8. The van der Waals surface area contributed by atoms with Crippen molar-refractivity contribution in [1.29, 1.82) is 0 Å². The van der Waals surface area contributed by atoms with Gasteiger partial charge in [0, 0.05) is 18.9 Å². The van der Waals surface area contributed by atoms with Crippen molar-refractivity contribution in [3.05, 3.63) is 83.9 Å². The zero-order chi connectivity index (χ0) is 40.5. The number of nitrogens with zero attached hydrogens (tertiary/aromatic N) is 1. The number of primary amides is 1. The van der Waals surface area contributed by atoms with Gasteiger partial charge in [0.1, 0.15) is 18.7 Å². The van der Waals surface area contributed by atoms with Crippen LogP contribution < -0.4 is 16.4 Å². The summed E-state index contributed by atoms with van der Waals surface area (Å²) >= 11 is 0. The van der Waals surface area contributed by atoms with Crippen LogP contribution in [0.5, 0.6) is 0 Å². The maximum atomic E-state index is 14.8. The van der Waals surface area contributed by atoms with Crippen molar-refractivity contribution in [1.82, 2.24) is 15.5 Å². The van der Waals surface area contributed by atoms with Crippen molar-refractivity contribution in [2.75, 3.05) is 13.2 Å². The number of aliphatic hydroxyl groups is 3. The van der Waals surface area contributed by atoms with Crippen molar-refractivity contribution < 1.29 is 39.2 Å². The van der Waals surface area contributed by atoms with E-state index in [0.717, 1.165) is 28.3 Å². The number of alkyl carbamates (subject to hydrolysis) is 1. The van der Waals surface area contributed by atoms with Crippen LogP contribution in [0.25, 0.3) is 10.8 Å². The van der Waals surface area contributed by atoms with Gasteiger partial charge in [-0.1, -0.05) is 120 Å². The number of carbonyl (C=O) groups excluding carboxylic acids is 4. The molecule has 0 spiro atoms. The summed E-state index contributed by atoms with van der Waals surface area (Å²) in [5.41, 5.74) is 7.27.